The van der Waals surface area contributed by atoms with Crippen LogP contribution in [-0.4, -0.2) is 140 Å². The van der Waals surface area contributed by atoms with Gasteiger partial charge in [-0.05, 0) is 141 Å². The molecule has 2 fully saturated rings. The summed E-state index contributed by atoms with van der Waals surface area (Å²) in [4.78, 5) is 47.7. The van der Waals surface area contributed by atoms with Crippen LogP contribution < -0.4 is 10.6 Å². The van der Waals surface area contributed by atoms with E-state index in [1.54, 1.807) is 9.80 Å². The van der Waals surface area contributed by atoms with E-state index in [2.05, 4.69) is 113 Å². The quantitative estimate of drug-likeness (QED) is 0.0688. The first-order valence-corrected chi connectivity index (χ1v) is 35.7. The van der Waals surface area contributed by atoms with Gasteiger partial charge in [0.15, 0.2) is 0 Å². The van der Waals surface area contributed by atoms with Crippen molar-refractivity contribution in [2.75, 3.05) is 50.0 Å². The molecule has 0 bridgehead atoms. The number of piperidine rings is 2. The highest BCUT2D eigenvalue weighted by Gasteiger charge is 2.30. The molecule has 0 radical (unpaired) electrons. The molecule has 0 spiro atoms. The predicted octanol–water partition coefficient (Wildman–Crippen LogP) is 13.6. The smallest absolute Gasteiger partial charge is 0.410 e. The van der Waals surface area contributed by atoms with E-state index in [-0.39, 0.29) is 31.7 Å². The summed E-state index contributed by atoms with van der Waals surface area (Å²) >= 11 is 3.60. The molecule has 2 N–H and O–H groups in total. The molecule has 2 amide bonds. The normalized spacial score (nSPS) is 16.3. The van der Waals surface area contributed by atoms with E-state index in [4.69, 9.17) is 39.1 Å². The maximum atomic E-state index is 12.6. The number of aryl methyl sites for hydroxylation is 3. The predicted molar refractivity (Wildman–Crippen MR) is 327 cm³/mol. The van der Waals surface area contributed by atoms with E-state index in [1.165, 1.54) is 5.56 Å². The van der Waals surface area contributed by atoms with Gasteiger partial charge in [-0.25, -0.2) is 38.9 Å². The number of likely N-dealkylation sites (tertiary alicyclic amines) is 2. The first-order chi connectivity index (χ1) is 36.6. The summed E-state index contributed by atoms with van der Waals surface area (Å²) in [6, 6.07) is 14.8. The Labute approximate surface area is 479 Å². The van der Waals surface area contributed by atoms with Gasteiger partial charge >= 0.3 is 12.2 Å². The van der Waals surface area contributed by atoms with Crippen LogP contribution in [0.15, 0.2) is 53.3 Å². The summed E-state index contributed by atoms with van der Waals surface area (Å²) in [6.07, 6.45) is 6.73. The molecule has 4 aromatic heterocycles. The summed E-state index contributed by atoms with van der Waals surface area (Å²) in [5.41, 5.74) is 7.23. The zero-order chi connectivity index (χ0) is 56.7. The van der Waals surface area contributed by atoms with Crippen molar-refractivity contribution in [3.05, 3.63) is 70.0 Å². The second-order valence-electron chi connectivity index (χ2n) is 25.3. The summed E-state index contributed by atoms with van der Waals surface area (Å²) in [7, 11) is -2.34. The first-order valence-electron chi connectivity index (χ1n) is 27.5. The van der Waals surface area contributed by atoms with Crippen LogP contribution in [0.2, 0.25) is 51.4 Å². The topological polar surface area (TPSA) is 189 Å². The number of amides is 2. The number of rotatable bonds is 16. The van der Waals surface area contributed by atoms with Crippen LogP contribution in [0.25, 0.3) is 44.6 Å². The second-order valence-corrected chi connectivity index (χ2v) is 37.5. The lowest BCUT2D eigenvalue weighted by atomic mass is 10.1. The van der Waals surface area contributed by atoms with Crippen LogP contribution >= 0.6 is 15.9 Å². The Morgan fingerprint density at radius 1 is 0.633 bits per heavy atom. The van der Waals surface area contributed by atoms with Gasteiger partial charge in [-0.3, -0.25) is 0 Å². The Hall–Kier alpha value is -5.49. The summed E-state index contributed by atoms with van der Waals surface area (Å²) < 4.78 is 28.1. The van der Waals surface area contributed by atoms with Crippen LogP contribution in [0.1, 0.15) is 91.3 Å². The van der Waals surface area contributed by atoms with E-state index in [1.807, 2.05) is 83.2 Å². The lowest BCUT2D eigenvalue weighted by Crippen LogP contribution is -2.47. The average Bonchev–Trinajstić information content (AvgIpc) is 4.15. The van der Waals surface area contributed by atoms with Crippen LogP contribution in [0, 0.1) is 20.8 Å². The average molecular weight is 1190 g/mol. The molecule has 2 aliphatic heterocycles. The number of benzene rings is 2. The minimum absolute atomic E-state index is 0. The van der Waals surface area contributed by atoms with Gasteiger partial charge < -0.3 is 39.4 Å². The van der Waals surface area contributed by atoms with Crippen LogP contribution in [0.4, 0.5) is 21.5 Å². The SMILES string of the molecule is C.Cc1ccc2c(-c3nc(N[C@H]4CCCN(C(=O)OC(C)(C)C)C4)ncc3C)nn(COCC[Si](C)(C)C)c2c1.Cc1cnc(N[C@H]2CCCN(C(=O)OC(C)(C)C)C2)nc1-c1nn(COCC[Si](C)(C)C)c2cc(Br)ccc12. The van der Waals surface area contributed by atoms with Gasteiger partial charge in [0.2, 0.25) is 11.9 Å². The molecule has 6 heterocycles. The number of nitrogens with one attached hydrogen (secondary N) is 2. The number of fused-ring (bicyclic) bond motifs is 2. The van der Waals surface area contributed by atoms with E-state index >= 15 is 0 Å². The summed E-state index contributed by atoms with van der Waals surface area (Å²) in [5.74, 6) is 1.06. The van der Waals surface area contributed by atoms with Crippen LogP contribution in [0.3, 0.4) is 0 Å². The van der Waals surface area contributed by atoms with Crippen LogP contribution in [0.5, 0.6) is 0 Å². The van der Waals surface area contributed by atoms with Gasteiger partial charge in [-0.2, -0.15) is 10.2 Å². The molecule has 6 aromatic rings. The molecule has 0 aliphatic carbocycles. The van der Waals surface area contributed by atoms with Gasteiger partial charge in [0.1, 0.15) is 36.1 Å². The van der Waals surface area contributed by atoms with Crippen molar-refractivity contribution in [1.82, 2.24) is 49.3 Å². The van der Waals surface area contributed by atoms with E-state index in [9.17, 15) is 9.59 Å². The van der Waals surface area contributed by atoms with Gasteiger partial charge in [0.05, 0.1) is 22.4 Å². The number of anilines is 2. The molecule has 2 atom stereocenters. The fraction of sp³-hybridized carbons (Fsp3) is 0.586. The zero-order valence-corrected chi connectivity index (χ0v) is 52.6. The third-order valence-electron chi connectivity index (χ3n) is 13.2. The van der Waals surface area contributed by atoms with E-state index in [0.717, 1.165) is 111 Å². The van der Waals surface area contributed by atoms with E-state index < -0.39 is 27.3 Å². The number of carbonyl (C=O) groups excluding carboxylic acids is 2. The molecular weight excluding hydrogens is 1100 g/mol. The molecule has 8 rings (SSSR count). The van der Waals surface area contributed by atoms with Gasteiger partial charge in [0, 0.05) is 95.3 Å². The maximum absolute atomic E-state index is 12.6. The zero-order valence-electron chi connectivity index (χ0n) is 49.0. The van der Waals surface area contributed by atoms with Gasteiger partial charge in [-0.15, -0.1) is 0 Å². The van der Waals surface area contributed by atoms with Crippen molar-refractivity contribution in [2.45, 2.75) is 184 Å². The molecule has 432 valence electrons. The Morgan fingerprint density at radius 3 is 1.47 bits per heavy atom. The lowest BCUT2D eigenvalue weighted by Gasteiger charge is -2.34. The van der Waals surface area contributed by atoms with Crippen LogP contribution in [-0.2, 0) is 32.4 Å². The Morgan fingerprint density at radius 2 is 1.05 bits per heavy atom. The third-order valence-corrected chi connectivity index (χ3v) is 17.1. The van der Waals surface area contributed by atoms with Crippen molar-refractivity contribution in [2.24, 2.45) is 0 Å². The molecule has 18 nitrogen and oxygen atoms in total. The molecule has 2 saturated heterocycles. The number of hydrogen-bond acceptors (Lipinski definition) is 14. The largest absolute Gasteiger partial charge is 0.444 e. The summed E-state index contributed by atoms with van der Waals surface area (Å²) in [6.45, 7) is 36.2. The van der Waals surface area contributed by atoms with E-state index in [0.29, 0.717) is 51.5 Å². The first kappa shape index (κ1) is 62.7. The number of ether oxygens (including phenoxy) is 4. The maximum Gasteiger partial charge on any atom is 0.410 e. The summed E-state index contributed by atoms with van der Waals surface area (Å²) in [5, 5.41) is 18.9. The molecule has 2 aromatic carbocycles. The number of nitrogens with zero attached hydrogens (tertiary/aromatic N) is 10. The number of halogens is 1. The lowest BCUT2D eigenvalue weighted by molar-refractivity contribution is 0.0196. The number of aromatic nitrogens is 8. The Kier molecular flexibility index (Phi) is 21.0. The van der Waals surface area contributed by atoms with Gasteiger partial charge in [0.25, 0.3) is 0 Å². The highest BCUT2D eigenvalue weighted by atomic mass is 79.9. The van der Waals surface area contributed by atoms with Gasteiger partial charge in [-0.1, -0.05) is 74.8 Å². The minimum atomic E-state index is -1.17. The number of hydrogen-bond donors (Lipinski definition) is 2. The minimum Gasteiger partial charge on any atom is -0.444 e. The second kappa shape index (κ2) is 26.4. The molecule has 0 saturated carbocycles. The molecule has 21 heteroatoms. The Balaban J connectivity index is 0.000000252. The standard InChI is InChI=1S/C29H44N6O3Si.C28H41BrN6O3Si.CH4/c1-20-11-12-23-24(16-20)35(19-37-14-15-39(6,7)8)33-26(23)25-21(2)17-30-27(32-25)31-22-10-9-13-34(18-22)28(36)38-29(3,4)5;1-19-16-30-26(31-21-9-8-12-34(17-21)27(36)38-28(2,3)4)32-24(19)25-22-11-10-20(29)15-23(22)35(33-25)18-37-13-14-39(5,6)7;/h11-12,16-17,22H,9-10,13-15,18-19H2,1-8H3,(H,30,31,32);10-11,15-16,21H,8-9,12-14,17-18H2,1-7H3,(H,30,31,32);1H4/t22-;21-;/m00./s1. The fourth-order valence-electron chi connectivity index (χ4n) is 9.08. The number of carbonyl (C=O) groups is 2. The molecule has 79 heavy (non-hydrogen) atoms. The molecular formula is C58H89BrN12O6Si2. The Bertz CT molecular complexity index is 2830. The molecule has 2 aliphatic rings. The van der Waals surface area contributed by atoms with Crippen molar-refractivity contribution in [3.8, 4) is 22.8 Å². The third kappa shape index (κ3) is 18.3. The highest BCUT2D eigenvalue weighted by Crippen LogP contribution is 2.33. The monoisotopic (exact) mass is 1180 g/mol. The van der Waals surface area contributed by atoms with Crippen molar-refractivity contribution in [3.63, 3.8) is 0 Å². The van der Waals surface area contributed by atoms with Crippen molar-refractivity contribution in [1.29, 1.82) is 0 Å². The fourth-order valence-corrected chi connectivity index (χ4v) is 10.9. The van der Waals surface area contributed by atoms with Crippen molar-refractivity contribution < 1.29 is 28.5 Å². The van der Waals surface area contributed by atoms with Crippen molar-refractivity contribution >= 4 is 78.0 Å². The molecule has 0 unspecified atom stereocenters. The highest BCUT2D eigenvalue weighted by molar-refractivity contribution is 9.10.